The van der Waals surface area contributed by atoms with E-state index in [1.54, 1.807) is 50.4 Å². The lowest BCUT2D eigenvalue weighted by Gasteiger charge is -2.29. The fourth-order valence-electron chi connectivity index (χ4n) is 4.29. The van der Waals surface area contributed by atoms with Gasteiger partial charge in [0.15, 0.2) is 4.80 Å². The van der Waals surface area contributed by atoms with Crippen LogP contribution < -0.4 is 4.80 Å². The predicted molar refractivity (Wildman–Crippen MR) is 141 cm³/mol. The number of hydrogen-bond acceptors (Lipinski definition) is 7. The Kier molecular flexibility index (Phi) is 8.58. The van der Waals surface area contributed by atoms with Crippen molar-refractivity contribution in [2.24, 2.45) is 10.9 Å². The predicted octanol–water partition coefficient (Wildman–Crippen LogP) is 3.36. The molecule has 9 nitrogen and oxygen atoms in total. The first-order valence-electron chi connectivity index (χ1n) is 12.2. The van der Waals surface area contributed by atoms with Gasteiger partial charge in [-0.05, 0) is 57.0 Å². The van der Waals surface area contributed by atoms with Crippen molar-refractivity contribution in [2.75, 3.05) is 33.4 Å². The minimum Gasteiger partial charge on any atom is -0.462 e. The summed E-state index contributed by atoms with van der Waals surface area (Å²) in [6, 6.07) is 12.1. The highest BCUT2D eigenvalue weighted by Crippen LogP contribution is 2.25. The number of hydrogen-bond donors (Lipinski definition) is 0. The van der Waals surface area contributed by atoms with Gasteiger partial charge in [0.25, 0.3) is 5.91 Å². The molecule has 11 heteroatoms. The second-order valence-electron chi connectivity index (χ2n) is 8.87. The van der Waals surface area contributed by atoms with Crippen LogP contribution >= 0.6 is 11.3 Å². The van der Waals surface area contributed by atoms with Crippen molar-refractivity contribution in [3.05, 3.63) is 58.4 Å². The van der Waals surface area contributed by atoms with Crippen LogP contribution in [-0.4, -0.2) is 62.6 Å². The third-order valence-corrected chi connectivity index (χ3v) is 9.33. The first-order chi connectivity index (χ1) is 17.7. The summed E-state index contributed by atoms with van der Waals surface area (Å²) >= 11 is 1.33. The number of rotatable bonds is 8. The Labute approximate surface area is 220 Å². The first kappa shape index (κ1) is 27.2. The number of fused-ring (bicyclic) bond motifs is 1. The molecule has 2 heterocycles. The molecule has 0 bridgehead atoms. The smallest absolute Gasteiger partial charge is 0.338 e. The van der Waals surface area contributed by atoms with E-state index in [-0.39, 0.29) is 36.4 Å². The van der Waals surface area contributed by atoms with Gasteiger partial charge in [-0.2, -0.15) is 9.30 Å². The number of carbonyl (C=O) groups excluding carboxylic acids is 2. The second-order valence-corrected chi connectivity index (χ2v) is 11.8. The van der Waals surface area contributed by atoms with Crippen LogP contribution in [-0.2, 0) is 30.8 Å². The van der Waals surface area contributed by atoms with Crippen molar-refractivity contribution in [3.63, 3.8) is 0 Å². The lowest BCUT2D eigenvalue weighted by molar-refractivity contribution is -0.122. The molecule has 1 aliphatic rings. The number of nitrogens with zero attached hydrogens (tertiary/aromatic N) is 3. The highest BCUT2D eigenvalue weighted by molar-refractivity contribution is 7.89. The molecular weight excluding hydrogens is 514 g/mol. The van der Waals surface area contributed by atoms with E-state index >= 15 is 0 Å². The highest BCUT2D eigenvalue weighted by atomic mass is 32.2. The lowest BCUT2D eigenvalue weighted by Crippen LogP contribution is -2.40. The van der Waals surface area contributed by atoms with E-state index in [0.29, 0.717) is 36.4 Å². The van der Waals surface area contributed by atoms with Gasteiger partial charge in [0.05, 0.1) is 33.9 Å². The minimum atomic E-state index is -3.60. The van der Waals surface area contributed by atoms with E-state index in [2.05, 4.69) is 4.99 Å². The van der Waals surface area contributed by atoms with E-state index in [9.17, 15) is 18.0 Å². The SMILES string of the molecule is CCOC(=O)c1ccc2c(c1)sc(=NC(=O)C1CCN(S(=O)(=O)c3ccc(C)cc3)CC1)n2CCOC. The number of aryl methyl sites for hydroxylation is 1. The van der Waals surface area contributed by atoms with Gasteiger partial charge < -0.3 is 14.0 Å². The number of benzene rings is 2. The summed E-state index contributed by atoms with van der Waals surface area (Å²) < 4.78 is 40.5. The van der Waals surface area contributed by atoms with Crippen LogP contribution in [0.1, 0.15) is 35.7 Å². The van der Waals surface area contributed by atoms with Crippen LogP contribution in [0.4, 0.5) is 0 Å². The van der Waals surface area contributed by atoms with Gasteiger partial charge in [0, 0.05) is 32.7 Å². The molecule has 0 spiro atoms. The van der Waals surface area contributed by atoms with Gasteiger partial charge in [-0.25, -0.2) is 13.2 Å². The maximum atomic E-state index is 13.1. The molecule has 0 aliphatic carbocycles. The number of thiazole rings is 1. The molecule has 1 aliphatic heterocycles. The molecule has 37 heavy (non-hydrogen) atoms. The van der Waals surface area contributed by atoms with Crippen LogP contribution in [0, 0.1) is 12.8 Å². The number of methoxy groups -OCH3 is 1. The van der Waals surface area contributed by atoms with E-state index in [1.807, 2.05) is 17.6 Å². The number of aromatic nitrogens is 1. The van der Waals surface area contributed by atoms with Crippen molar-refractivity contribution in [1.29, 1.82) is 0 Å². The number of esters is 1. The largest absolute Gasteiger partial charge is 0.462 e. The summed E-state index contributed by atoms with van der Waals surface area (Å²) in [6.45, 7) is 5.41. The molecule has 0 unspecified atom stereocenters. The standard InChI is InChI=1S/C26H31N3O6S2/c1-4-35-25(31)20-7-10-22-23(17-20)36-26(29(22)15-16-34-3)27-24(30)19-11-13-28(14-12-19)37(32,33)21-8-5-18(2)6-9-21/h5-10,17,19H,4,11-16H2,1-3H3. The monoisotopic (exact) mass is 545 g/mol. The summed E-state index contributed by atoms with van der Waals surface area (Å²) in [6.07, 6.45) is 0.812. The van der Waals surface area contributed by atoms with E-state index in [4.69, 9.17) is 9.47 Å². The zero-order valence-electron chi connectivity index (χ0n) is 21.2. The van der Waals surface area contributed by atoms with E-state index < -0.39 is 16.0 Å². The van der Waals surface area contributed by atoms with Gasteiger partial charge in [0.2, 0.25) is 10.0 Å². The average Bonchev–Trinajstić information content (AvgIpc) is 3.23. The highest BCUT2D eigenvalue weighted by Gasteiger charge is 2.32. The van der Waals surface area contributed by atoms with Crippen LogP contribution in [0.5, 0.6) is 0 Å². The summed E-state index contributed by atoms with van der Waals surface area (Å²) in [4.78, 5) is 30.5. The molecule has 1 amide bonds. The van der Waals surface area contributed by atoms with Gasteiger partial charge in [-0.15, -0.1) is 0 Å². The Balaban J connectivity index is 1.55. The fourth-order valence-corrected chi connectivity index (χ4v) is 6.86. The Bertz CT molecular complexity index is 1450. The van der Waals surface area contributed by atoms with Crippen LogP contribution in [0.15, 0.2) is 52.4 Å². The lowest BCUT2D eigenvalue weighted by atomic mass is 9.98. The van der Waals surface area contributed by atoms with Crippen molar-refractivity contribution < 1.29 is 27.5 Å². The molecule has 1 saturated heterocycles. The average molecular weight is 546 g/mol. The Hall–Kier alpha value is -2.86. The van der Waals surface area contributed by atoms with E-state index in [0.717, 1.165) is 15.8 Å². The van der Waals surface area contributed by atoms with Crippen molar-refractivity contribution in [1.82, 2.24) is 8.87 Å². The number of carbonyl (C=O) groups is 2. The Morgan fingerprint density at radius 3 is 2.46 bits per heavy atom. The van der Waals surface area contributed by atoms with Crippen LogP contribution in [0.2, 0.25) is 0 Å². The first-order valence-corrected chi connectivity index (χ1v) is 14.4. The number of piperidine rings is 1. The molecule has 0 N–H and O–H groups in total. The Morgan fingerprint density at radius 1 is 1.11 bits per heavy atom. The molecular formula is C26H31N3O6S2. The van der Waals surface area contributed by atoms with Gasteiger partial charge in [-0.1, -0.05) is 29.0 Å². The topological polar surface area (TPSA) is 107 Å². The Morgan fingerprint density at radius 2 is 1.81 bits per heavy atom. The van der Waals surface area contributed by atoms with Crippen molar-refractivity contribution in [3.8, 4) is 0 Å². The van der Waals surface area contributed by atoms with Gasteiger partial charge in [0.1, 0.15) is 0 Å². The van der Waals surface area contributed by atoms with Crippen LogP contribution in [0.3, 0.4) is 0 Å². The van der Waals surface area contributed by atoms with Crippen LogP contribution in [0.25, 0.3) is 10.2 Å². The van der Waals surface area contributed by atoms with E-state index in [1.165, 1.54) is 15.6 Å². The summed E-state index contributed by atoms with van der Waals surface area (Å²) in [5, 5.41) is 0. The molecule has 198 valence electrons. The quantitative estimate of drug-likeness (QED) is 0.402. The molecule has 2 aromatic carbocycles. The summed E-state index contributed by atoms with van der Waals surface area (Å²) in [5.41, 5.74) is 2.28. The molecule has 0 radical (unpaired) electrons. The molecule has 3 aromatic rings. The zero-order chi connectivity index (χ0) is 26.6. The number of sulfonamides is 1. The third kappa shape index (κ3) is 6.01. The normalized spacial score (nSPS) is 15.8. The van der Waals surface area contributed by atoms with Gasteiger partial charge >= 0.3 is 5.97 Å². The molecule has 4 rings (SSSR count). The zero-order valence-corrected chi connectivity index (χ0v) is 22.8. The van der Waals surface area contributed by atoms with Gasteiger partial charge in [-0.3, -0.25) is 4.79 Å². The molecule has 1 aromatic heterocycles. The molecule has 1 fully saturated rings. The van der Waals surface area contributed by atoms with Crippen molar-refractivity contribution in [2.45, 2.75) is 38.1 Å². The fraction of sp³-hybridized carbons (Fsp3) is 0.423. The number of amides is 1. The molecule has 0 atom stereocenters. The number of ether oxygens (including phenoxy) is 2. The summed E-state index contributed by atoms with van der Waals surface area (Å²) in [7, 11) is -1.99. The minimum absolute atomic E-state index is 0.263. The maximum Gasteiger partial charge on any atom is 0.338 e. The van der Waals surface area contributed by atoms with Crippen molar-refractivity contribution >= 4 is 43.5 Å². The third-order valence-electron chi connectivity index (χ3n) is 6.38. The summed E-state index contributed by atoms with van der Waals surface area (Å²) in [5.74, 6) is -1.03. The maximum absolute atomic E-state index is 13.1. The molecule has 0 saturated carbocycles. The second kappa shape index (κ2) is 11.7.